The van der Waals surface area contributed by atoms with E-state index >= 15 is 0 Å². The summed E-state index contributed by atoms with van der Waals surface area (Å²) in [6.45, 7) is 4.54. The van der Waals surface area contributed by atoms with Gasteiger partial charge in [0.15, 0.2) is 17.8 Å². The molecule has 3 heterocycles. The maximum atomic E-state index is 13.9. The summed E-state index contributed by atoms with van der Waals surface area (Å²) in [5.41, 5.74) is 1.56. The summed E-state index contributed by atoms with van der Waals surface area (Å²) >= 11 is 0. The van der Waals surface area contributed by atoms with E-state index < -0.39 is 40.7 Å². The van der Waals surface area contributed by atoms with Crippen LogP contribution in [0.3, 0.4) is 0 Å². The number of aliphatic hydroxyl groups is 1. The van der Waals surface area contributed by atoms with E-state index in [2.05, 4.69) is 5.32 Å². The fourth-order valence-corrected chi connectivity index (χ4v) is 7.71. The summed E-state index contributed by atoms with van der Waals surface area (Å²) in [7, 11) is -4.09. The Morgan fingerprint density at radius 2 is 1.73 bits per heavy atom. The fraction of sp³-hybridized carbons (Fsp3) is 0.457. The molecule has 0 saturated carbocycles. The zero-order valence-electron chi connectivity index (χ0n) is 27.3. The molecule has 264 valence electrons. The monoisotopic (exact) mass is 700 g/mol. The number of carbonyl (C=O) groups excluding carboxylic acids is 1. The highest BCUT2D eigenvalue weighted by Gasteiger charge is 2.44. The Morgan fingerprint density at radius 3 is 2.49 bits per heavy atom. The largest absolute Gasteiger partial charge is 0.489 e. The Morgan fingerprint density at radius 1 is 1.00 bits per heavy atom. The predicted molar refractivity (Wildman–Crippen MR) is 174 cm³/mol. The smallest absolute Gasteiger partial charge is 0.407 e. The topological polar surface area (TPSA) is 142 Å². The van der Waals surface area contributed by atoms with Crippen LogP contribution < -0.4 is 19.5 Å². The molecule has 12 nitrogen and oxygen atoms in total. The first-order valence-corrected chi connectivity index (χ1v) is 17.7. The second-order valence-corrected chi connectivity index (χ2v) is 14.7. The zero-order valence-corrected chi connectivity index (χ0v) is 28.1. The van der Waals surface area contributed by atoms with Crippen LogP contribution in [0.15, 0.2) is 71.6 Å². The van der Waals surface area contributed by atoms with Gasteiger partial charge >= 0.3 is 6.09 Å². The van der Waals surface area contributed by atoms with Crippen LogP contribution in [-0.4, -0.2) is 81.6 Å². The van der Waals surface area contributed by atoms with Gasteiger partial charge in [-0.05, 0) is 66.3 Å². The molecule has 0 radical (unpaired) electrons. The average molecular weight is 701 g/mol. The van der Waals surface area contributed by atoms with E-state index in [1.165, 1.54) is 28.6 Å². The lowest BCUT2D eigenvalue weighted by Gasteiger charge is -2.31. The molecule has 0 aliphatic carbocycles. The number of alkyl carbamates (subject to hydrolysis) is 1. The minimum atomic E-state index is -4.09. The lowest BCUT2D eigenvalue weighted by Crippen LogP contribution is -2.51. The van der Waals surface area contributed by atoms with Crippen molar-refractivity contribution in [1.29, 1.82) is 0 Å². The summed E-state index contributed by atoms with van der Waals surface area (Å²) in [4.78, 5) is 13.2. The van der Waals surface area contributed by atoms with Crippen molar-refractivity contribution in [3.05, 3.63) is 83.7 Å². The number of hydrogen-bond acceptors (Lipinski definition) is 10. The van der Waals surface area contributed by atoms with Gasteiger partial charge in [0.25, 0.3) is 0 Å². The fourth-order valence-electron chi connectivity index (χ4n) is 6.08. The van der Waals surface area contributed by atoms with E-state index in [0.717, 1.165) is 11.1 Å². The van der Waals surface area contributed by atoms with Crippen LogP contribution in [0.4, 0.5) is 9.18 Å². The maximum absolute atomic E-state index is 13.9. The highest BCUT2D eigenvalue weighted by atomic mass is 32.2. The predicted octanol–water partition coefficient (Wildman–Crippen LogP) is 4.24. The number of carbonyl (C=O) groups is 1. The van der Waals surface area contributed by atoms with Crippen LogP contribution >= 0.6 is 0 Å². The summed E-state index contributed by atoms with van der Waals surface area (Å²) in [6, 6.07) is 16.6. The van der Waals surface area contributed by atoms with E-state index in [-0.39, 0.29) is 62.1 Å². The molecule has 2 fully saturated rings. The third-order valence-electron chi connectivity index (χ3n) is 8.65. The number of amides is 1. The number of benzene rings is 3. The molecule has 0 bridgehead atoms. The second-order valence-electron chi connectivity index (χ2n) is 12.8. The van der Waals surface area contributed by atoms with Crippen LogP contribution in [0.25, 0.3) is 0 Å². The normalized spacial score (nSPS) is 21.1. The Balaban J connectivity index is 1.18. The molecule has 5 atom stereocenters. The Bertz CT molecular complexity index is 1690. The van der Waals surface area contributed by atoms with Crippen LogP contribution in [0, 0.1) is 17.7 Å². The Labute approximate surface area is 285 Å². The van der Waals surface area contributed by atoms with Gasteiger partial charge in [0, 0.05) is 19.2 Å². The van der Waals surface area contributed by atoms with Crippen molar-refractivity contribution in [1.82, 2.24) is 9.62 Å². The summed E-state index contributed by atoms with van der Waals surface area (Å²) in [6.07, 6.45) is -2.14. The van der Waals surface area contributed by atoms with E-state index in [9.17, 15) is 22.7 Å². The van der Waals surface area contributed by atoms with Crippen LogP contribution in [0.5, 0.6) is 17.2 Å². The molecule has 0 aromatic heterocycles. The van der Waals surface area contributed by atoms with Crippen molar-refractivity contribution in [2.24, 2.45) is 11.8 Å². The molecule has 2 saturated heterocycles. The van der Waals surface area contributed by atoms with Gasteiger partial charge in [-0.2, -0.15) is 4.31 Å². The van der Waals surface area contributed by atoms with Gasteiger partial charge < -0.3 is 38.8 Å². The summed E-state index contributed by atoms with van der Waals surface area (Å²) < 4.78 is 75.7. The summed E-state index contributed by atoms with van der Waals surface area (Å²) in [5, 5.41) is 14.4. The number of nitrogens with zero attached hydrogens (tertiary/aromatic N) is 1. The van der Waals surface area contributed by atoms with Gasteiger partial charge in [0.2, 0.25) is 16.8 Å². The molecule has 0 spiro atoms. The molecule has 3 aromatic rings. The molecular weight excluding hydrogens is 659 g/mol. The van der Waals surface area contributed by atoms with Gasteiger partial charge in [-0.1, -0.05) is 38.1 Å². The zero-order chi connectivity index (χ0) is 34.5. The van der Waals surface area contributed by atoms with Crippen molar-refractivity contribution in [3.8, 4) is 17.2 Å². The molecule has 5 unspecified atom stereocenters. The third kappa shape index (κ3) is 8.62. The molecule has 1 amide bonds. The van der Waals surface area contributed by atoms with Gasteiger partial charge in [-0.15, -0.1) is 0 Å². The number of ether oxygens (including phenoxy) is 6. The van der Waals surface area contributed by atoms with Crippen molar-refractivity contribution < 1.29 is 51.1 Å². The minimum Gasteiger partial charge on any atom is -0.489 e. The minimum absolute atomic E-state index is 0.000525. The van der Waals surface area contributed by atoms with Crippen molar-refractivity contribution in [2.75, 3.05) is 33.1 Å². The number of rotatable bonds is 14. The van der Waals surface area contributed by atoms with Crippen molar-refractivity contribution in [2.45, 2.75) is 62.7 Å². The van der Waals surface area contributed by atoms with Crippen molar-refractivity contribution in [3.63, 3.8) is 0 Å². The first-order chi connectivity index (χ1) is 23.5. The average Bonchev–Trinajstić information content (AvgIpc) is 3.83. The van der Waals surface area contributed by atoms with E-state index in [1.807, 2.05) is 13.8 Å². The quantitative estimate of drug-likeness (QED) is 0.251. The second kappa shape index (κ2) is 15.3. The van der Waals surface area contributed by atoms with E-state index in [1.54, 1.807) is 42.5 Å². The number of hydrogen-bond donors (Lipinski definition) is 2. The lowest BCUT2D eigenvalue weighted by molar-refractivity contribution is -0.0907. The summed E-state index contributed by atoms with van der Waals surface area (Å²) in [5.74, 6) is 0.874. The first kappa shape index (κ1) is 34.9. The molecular formula is C35H41FN2O10S. The molecule has 2 N–H and O–H groups in total. The number of fused-ring (bicyclic) bond motifs is 2. The van der Waals surface area contributed by atoms with Crippen molar-refractivity contribution >= 4 is 16.1 Å². The van der Waals surface area contributed by atoms with E-state index in [4.69, 9.17) is 28.4 Å². The highest BCUT2D eigenvalue weighted by Crippen LogP contribution is 2.35. The lowest BCUT2D eigenvalue weighted by atomic mass is 10.0. The number of nitrogens with one attached hydrogen (secondary N) is 1. The van der Waals surface area contributed by atoms with Crippen LogP contribution in [0.1, 0.15) is 31.4 Å². The van der Waals surface area contributed by atoms with Crippen LogP contribution in [-0.2, 0) is 37.3 Å². The molecule has 49 heavy (non-hydrogen) atoms. The molecule has 3 aliphatic heterocycles. The van der Waals surface area contributed by atoms with Gasteiger partial charge in [0.05, 0.1) is 36.2 Å². The standard InChI is InChI=1S/C35H41FN2O10S/c1-22(2)17-38(49(41,42)27-11-12-31-32(16-27)47-21-46-31)18-30(39)29(37-35(40)48-33-20-45-34-28(33)13-14-43-34)15-23-5-9-26(10-6-23)44-19-24-3-7-25(36)8-4-24/h3-12,16,22,28-30,33-34,39H,13-15,17-21H2,1-2H3,(H,37,40). The SMILES string of the molecule is CC(C)CN(CC(O)C(Cc1ccc(OCc2ccc(F)cc2)cc1)NC(=O)OC1COC2OCCC12)S(=O)(=O)c1ccc2c(c1)OCO2. The van der Waals surface area contributed by atoms with Gasteiger partial charge in [0.1, 0.15) is 24.3 Å². The maximum Gasteiger partial charge on any atom is 0.407 e. The highest BCUT2D eigenvalue weighted by molar-refractivity contribution is 7.89. The molecule has 14 heteroatoms. The Hall–Kier alpha value is -3.95. The van der Waals surface area contributed by atoms with Crippen LogP contribution in [0.2, 0.25) is 0 Å². The number of aliphatic hydroxyl groups excluding tert-OH is 1. The van der Waals surface area contributed by atoms with Gasteiger partial charge in [-0.25, -0.2) is 17.6 Å². The third-order valence-corrected chi connectivity index (χ3v) is 10.5. The molecule has 6 rings (SSSR count). The van der Waals surface area contributed by atoms with E-state index in [0.29, 0.717) is 30.3 Å². The molecule has 3 aliphatic rings. The number of halogens is 1. The van der Waals surface area contributed by atoms with Gasteiger partial charge in [-0.3, -0.25) is 0 Å². The molecule has 3 aromatic carbocycles. The Kier molecular flexibility index (Phi) is 10.9. The number of sulfonamides is 1. The first-order valence-electron chi connectivity index (χ1n) is 16.3.